The molecular formula is C24H22F3NO5S. The third kappa shape index (κ3) is 5.07. The molecule has 1 amide bonds. The van der Waals surface area contributed by atoms with Crippen LogP contribution < -0.4 is 4.89 Å². The number of aliphatic carboxylic acids is 1. The number of carboxylic acids is 1. The summed E-state index contributed by atoms with van der Waals surface area (Å²) in [5, 5.41) is 9.42. The number of nitrogens with zero attached hydrogens (tertiary/aromatic N) is 1. The fourth-order valence-electron chi connectivity index (χ4n) is 4.09. The molecule has 2 aromatic rings. The van der Waals surface area contributed by atoms with Gasteiger partial charge >= 0.3 is 12.1 Å². The molecular weight excluding hydrogens is 471 g/mol. The minimum Gasteiger partial charge on any atom is -0.480 e. The molecule has 1 unspecified atom stereocenters. The Morgan fingerprint density at radius 3 is 2.59 bits per heavy atom. The Morgan fingerprint density at radius 1 is 1.12 bits per heavy atom. The summed E-state index contributed by atoms with van der Waals surface area (Å²) in [5.74, 6) is -1.39. The Kier molecular flexibility index (Phi) is 6.90. The van der Waals surface area contributed by atoms with Gasteiger partial charge in [-0.15, -0.1) is 0 Å². The maximum atomic E-state index is 14.0. The lowest BCUT2D eigenvalue weighted by molar-refractivity contribution is -0.215. The van der Waals surface area contributed by atoms with Crippen LogP contribution in [0.3, 0.4) is 0 Å². The van der Waals surface area contributed by atoms with Crippen LogP contribution in [0.5, 0.6) is 5.75 Å². The van der Waals surface area contributed by atoms with E-state index < -0.39 is 29.7 Å². The lowest BCUT2D eigenvalue weighted by atomic mass is 9.96. The topological polar surface area (TPSA) is 76.1 Å². The van der Waals surface area contributed by atoms with Crippen molar-refractivity contribution < 1.29 is 37.6 Å². The molecule has 34 heavy (non-hydrogen) atoms. The highest BCUT2D eigenvalue weighted by Gasteiger charge is 2.38. The van der Waals surface area contributed by atoms with E-state index in [4.69, 9.17) is 9.78 Å². The largest absolute Gasteiger partial charge is 0.480 e. The number of halogens is 3. The standard InChI is InChI=1S/C24H22F3NO5S/c1-14(22(29)28-10-3-2-4-20(28)23(30)31)18-7-5-17(13-19(18)24(25,26)27)34-16-6-8-21-15(12-16)9-11-32-33-21/h5-8,12-13,20H,1-4,9-11H2,(H,30,31). The summed E-state index contributed by atoms with van der Waals surface area (Å²) in [4.78, 5) is 36.7. The molecule has 0 aromatic heterocycles. The summed E-state index contributed by atoms with van der Waals surface area (Å²) in [6, 6.07) is 7.91. The number of carbonyl (C=O) groups is 2. The van der Waals surface area contributed by atoms with Crippen molar-refractivity contribution in [2.45, 2.75) is 47.7 Å². The second-order valence-electron chi connectivity index (χ2n) is 8.06. The number of hydrogen-bond donors (Lipinski definition) is 1. The average Bonchev–Trinajstić information content (AvgIpc) is 2.82. The summed E-state index contributed by atoms with van der Waals surface area (Å²) in [6.07, 6.45) is -2.62. The van der Waals surface area contributed by atoms with E-state index in [1.54, 1.807) is 12.1 Å². The lowest BCUT2D eigenvalue weighted by Gasteiger charge is -2.33. The fourth-order valence-corrected chi connectivity index (χ4v) is 5.02. The van der Waals surface area contributed by atoms with Crippen LogP contribution >= 0.6 is 11.8 Å². The smallest absolute Gasteiger partial charge is 0.417 e. The molecule has 2 heterocycles. The van der Waals surface area contributed by atoms with E-state index in [2.05, 4.69) is 6.58 Å². The number of rotatable bonds is 5. The van der Waals surface area contributed by atoms with Crippen molar-refractivity contribution in [3.63, 3.8) is 0 Å². The van der Waals surface area contributed by atoms with E-state index in [1.165, 1.54) is 12.1 Å². The maximum absolute atomic E-state index is 14.0. The quantitative estimate of drug-likeness (QED) is 0.456. The zero-order valence-electron chi connectivity index (χ0n) is 18.1. The summed E-state index contributed by atoms with van der Waals surface area (Å²) >= 11 is 1.15. The van der Waals surface area contributed by atoms with Crippen molar-refractivity contribution in [2.75, 3.05) is 13.2 Å². The highest BCUT2D eigenvalue weighted by molar-refractivity contribution is 7.99. The molecule has 10 heteroatoms. The first-order chi connectivity index (χ1) is 16.1. The lowest BCUT2D eigenvalue weighted by Crippen LogP contribution is -2.48. The normalized spacial score (nSPS) is 18.1. The third-order valence-electron chi connectivity index (χ3n) is 5.80. The number of amides is 1. The first kappa shape index (κ1) is 24.2. The average molecular weight is 494 g/mol. The second-order valence-corrected chi connectivity index (χ2v) is 9.21. The molecule has 2 aliphatic rings. The summed E-state index contributed by atoms with van der Waals surface area (Å²) in [7, 11) is 0. The molecule has 1 N–H and O–H groups in total. The Hall–Kier alpha value is -2.98. The molecule has 4 rings (SSSR count). The van der Waals surface area contributed by atoms with Gasteiger partial charge < -0.3 is 14.9 Å². The van der Waals surface area contributed by atoms with Crippen LogP contribution in [-0.2, 0) is 27.1 Å². The number of benzene rings is 2. The second kappa shape index (κ2) is 9.71. The first-order valence-electron chi connectivity index (χ1n) is 10.7. The summed E-state index contributed by atoms with van der Waals surface area (Å²) in [5.41, 5.74) is -0.817. The minimum atomic E-state index is -4.73. The van der Waals surface area contributed by atoms with Crippen molar-refractivity contribution in [1.29, 1.82) is 0 Å². The Bertz CT molecular complexity index is 1130. The Morgan fingerprint density at radius 2 is 1.85 bits per heavy atom. The van der Waals surface area contributed by atoms with Crippen LogP contribution in [0, 0.1) is 0 Å². The van der Waals surface area contributed by atoms with E-state index in [-0.39, 0.29) is 24.1 Å². The number of fused-ring (bicyclic) bond motifs is 1. The van der Waals surface area contributed by atoms with E-state index in [0.717, 1.165) is 33.2 Å². The van der Waals surface area contributed by atoms with Crippen LogP contribution in [0.4, 0.5) is 13.2 Å². The molecule has 0 saturated carbocycles. The minimum absolute atomic E-state index is 0.164. The van der Waals surface area contributed by atoms with Crippen molar-refractivity contribution in [3.8, 4) is 5.75 Å². The molecule has 0 spiro atoms. The van der Waals surface area contributed by atoms with E-state index in [1.807, 2.05) is 6.07 Å². The number of carbonyl (C=O) groups excluding carboxylic acids is 1. The maximum Gasteiger partial charge on any atom is 0.417 e. The number of alkyl halides is 3. The number of likely N-dealkylation sites (tertiary alicyclic amines) is 1. The van der Waals surface area contributed by atoms with Crippen molar-refractivity contribution >= 4 is 29.2 Å². The van der Waals surface area contributed by atoms with E-state index >= 15 is 0 Å². The van der Waals surface area contributed by atoms with Crippen LogP contribution in [0.2, 0.25) is 0 Å². The van der Waals surface area contributed by atoms with Gasteiger partial charge in [-0.2, -0.15) is 18.1 Å². The highest BCUT2D eigenvalue weighted by atomic mass is 32.2. The molecule has 2 aromatic carbocycles. The molecule has 0 radical (unpaired) electrons. The molecule has 180 valence electrons. The van der Waals surface area contributed by atoms with Crippen LogP contribution in [0.25, 0.3) is 5.57 Å². The van der Waals surface area contributed by atoms with Gasteiger partial charge in [-0.3, -0.25) is 4.79 Å². The summed E-state index contributed by atoms with van der Waals surface area (Å²) in [6.45, 7) is 4.17. The highest BCUT2D eigenvalue weighted by Crippen LogP contribution is 2.40. The SMILES string of the molecule is C=C(C(=O)N1CCCCC1C(=O)O)c1ccc(Sc2ccc3c(c2)CCOO3)cc1C(F)(F)F. The number of hydrogen-bond acceptors (Lipinski definition) is 5. The van der Waals surface area contributed by atoms with Crippen LogP contribution in [-0.4, -0.2) is 41.1 Å². The van der Waals surface area contributed by atoms with Crippen molar-refractivity contribution in [1.82, 2.24) is 4.90 Å². The predicted molar refractivity (Wildman–Crippen MR) is 118 cm³/mol. The third-order valence-corrected chi connectivity index (χ3v) is 6.78. The molecule has 1 saturated heterocycles. The Balaban J connectivity index is 1.61. The van der Waals surface area contributed by atoms with Gasteiger partial charge in [-0.05, 0) is 55.2 Å². The zero-order chi connectivity index (χ0) is 24.5. The van der Waals surface area contributed by atoms with Gasteiger partial charge in [0.2, 0.25) is 0 Å². The first-order valence-corrected chi connectivity index (χ1v) is 11.5. The van der Waals surface area contributed by atoms with E-state index in [0.29, 0.717) is 36.5 Å². The van der Waals surface area contributed by atoms with Gasteiger partial charge in [0.05, 0.1) is 12.2 Å². The monoisotopic (exact) mass is 493 g/mol. The zero-order valence-corrected chi connectivity index (χ0v) is 18.9. The van der Waals surface area contributed by atoms with Gasteiger partial charge in [0.25, 0.3) is 5.91 Å². The van der Waals surface area contributed by atoms with Crippen molar-refractivity contribution in [3.05, 3.63) is 59.7 Å². The fraction of sp³-hybridized carbons (Fsp3) is 0.333. The van der Waals surface area contributed by atoms with Gasteiger partial charge in [-0.1, -0.05) is 24.4 Å². The van der Waals surface area contributed by atoms with Crippen molar-refractivity contribution in [2.24, 2.45) is 0 Å². The molecule has 0 aliphatic carbocycles. The Labute approximate surface area is 198 Å². The number of carboxylic acid groups (broad SMARTS) is 1. The molecule has 2 aliphatic heterocycles. The van der Waals surface area contributed by atoms with Gasteiger partial charge in [0.1, 0.15) is 6.04 Å². The number of piperidine rings is 1. The van der Waals surface area contributed by atoms with Crippen LogP contribution in [0.1, 0.15) is 36.0 Å². The van der Waals surface area contributed by atoms with Gasteiger partial charge in [-0.25, -0.2) is 4.79 Å². The molecule has 1 atom stereocenters. The molecule has 6 nitrogen and oxygen atoms in total. The molecule has 0 bridgehead atoms. The van der Waals surface area contributed by atoms with Gasteiger partial charge in [0, 0.05) is 33.9 Å². The van der Waals surface area contributed by atoms with Gasteiger partial charge in [0.15, 0.2) is 5.75 Å². The molecule has 1 fully saturated rings. The van der Waals surface area contributed by atoms with Crippen LogP contribution in [0.15, 0.2) is 52.8 Å². The predicted octanol–water partition coefficient (Wildman–Crippen LogP) is 5.20. The van der Waals surface area contributed by atoms with E-state index in [9.17, 15) is 27.9 Å². The summed E-state index contributed by atoms with van der Waals surface area (Å²) < 4.78 is 41.9.